The molecule has 4 N–H and O–H groups in total. The molecule has 8 nitrogen and oxygen atoms in total. The summed E-state index contributed by atoms with van der Waals surface area (Å²) in [5.41, 5.74) is 0.723. The third kappa shape index (κ3) is 4.14. The second kappa shape index (κ2) is 7.65. The normalized spacial score (nSPS) is 21.3. The summed E-state index contributed by atoms with van der Waals surface area (Å²) in [6.45, 7) is 5.29. The average molecular weight is 344 g/mol. The van der Waals surface area contributed by atoms with Gasteiger partial charge in [0, 0.05) is 25.2 Å². The standard InChI is InChI=1S/C14H22ClN5O3/c1-3-8-11(15)19-12(17-8)13(21)18-9-5-6-20(14(22)23)7-10(9)16-4-2/h9-10,16H,3-7H2,1-2H3,(H,17,19)(H,18,21)(H,22,23)/t9-,10-/m1/s1. The Morgan fingerprint density at radius 1 is 1.43 bits per heavy atom. The Hall–Kier alpha value is -1.80. The van der Waals surface area contributed by atoms with Gasteiger partial charge in [-0.1, -0.05) is 25.4 Å². The highest BCUT2D eigenvalue weighted by Crippen LogP contribution is 2.15. The van der Waals surface area contributed by atoms with Crippen LogP contribution in [0.15, 0.2) is 0 Å². The molecule has 0 aromatic carbocycles. The first-order valence-corrected chi connectivity index (χ1v) is 8.10. The Balaban J connectivity index is 2.04. The zero-order chi connectivity index (χ0) is 17.0. The van der Waals surface area contributed by atoms with E-state index in [1.54, 1.807) is 0 Å². The lowest BCUT2D eigenvalue weighted by molar-refractivity contribution is 0.0863. The van der Waals surface area contributed by atoms with Crippen molar-refractivity contribution in [3.63, 3.8) is 0 Å². The number of piperidine rings is 1. The maximum atomic E-state index is 12.3. The number of carbonyl (C=O) groups excluding carboxylic acids is 1. The number of nitrogens with zero attached hydrogens (tertiary/aromatic N) is 2. The highest BCUT2D eigenvalue weighted by molar-refractivity contribution is 6.30. The SMILES string of the molecule is CCN[C@@H]1CN(C(=O)O)CC[C@H]1NC(=O)c1nc(Cl)c(CC)[nH]1. The van der Waals surface area contributed by atoms with Crippen LogP contribution in [0.1, 0.15) is 36.6 Å². The summed E-state index contributed by atoms with van der Waals surface area (Å²) in [6, 6.07) is -0.295. The molecular formula is C14H22ClN5O3. The molecule has 0 bridgehead atoms. The van der Waals surface area contributed by atoms with Gasteiger partial charge in [-0.25, -0.2) is 9.78 Å². The lowest BCUT2D eigenvalue weighted by atomic mass is 9.99. The third-order valence-corrected chi connectivity index (χ3v) is 4.28. The minimum Gasteiger partial charge on any atom is -0.465 e. The maximum Gasteiger partial charge on any atom is 0.407 e. The number of rotatable bonds is 5. The molecule has 0 spiro atoms. The molecule has 1 aromatic heterocycles. The Labute approximate surface area is 139 Å². The van der Waals surface area contributed by atoms with Gasteiger partial charge >= 0.3 is 6.09 Å². The predicted molar refractivity (Wildman–Crippen MR) is 85.9 cm³/mol. The number of aromatic nitrogens is 2. The van der Waals surface area contributed by atoms with E-state index in [0.717, 1.165) is 5.69 Å². The summed E-state index contributed by atoms with van der Waals surface area (Å²) in [6.07, 6.45) is 0.268. The molecule has 0 aliphatic carbocycles. The van der Waals surface area contributed by atoms with Crippen molar-refractivity contribution < 1.29 is 14.7 Å². The van der Waals surface area contributed by atoms with E-state index in [2.05, 4.69) is 20.6 Å². The van der Waals surface area contributed by atoms with Crippen molar-refractivity contribution in [2.24, 2.45) is 0 Å². The second-order valence-electron chi connectivity index (χ2n) is 5.47. The molecule has 1 aliphatic rings. The molecule has 2 atom stereocenters. The van der Waals surface area contributed by atoms with Crippen LogP contribution < -0.4 is 10.6 Å². The van der Waals surface area contributed by atoms with E-state index in [1.165, 1.54) is 4.90 Å². The number of hydrogen-bond acceptors (Lipinski definition) is 4. The van der Waals surface area contributed by atoms with Gasteiger partial charge in [-0.2, -0.15) is 0 Å². The zero-order valence-electron chi connectivity index (χ0n) is 13.2. The molecule has 1 saturated heterocycles. The number of likely N-dealkylation sites (tertiary alicyclic amines) is 1. The van der Waals surface area contributed by atoms with E-state index >= 15 is 0 Å². The number of aryl methyl sites for hydroxylation is 1. The molecule has 0 unspecified atom stereocenters. The zero-order valence-corrected chi connectivity index (χ0v) is 14.0. The van der Waals surface area contributed by atoms with E-state index in [-0.39, 0.29) is 23.8 Å². The first-order valence-electron chi connectivity index (χ1n) is 7.72. The Morgan fingerprint density at radius 3 is 2.74 bits per heavy atom. The topological polar surface area (TPSA) is 110 Å². The van der Waals surface area contributed by atoms with Gasteiger partial charge < -0.3 is 25.6 Å². The number of carboxylic acid groups (broad SMARTS) is 1. The number of imidazole rings is 1. The van der Waals surface area contributed by atoms with Crippen LogP contribution in [0.5, 0.6) is 0 Å². The van der Waals surface area contributed by atoms with Crippen LogP contribution in [-0.4, -0.2) is 63.7 Å². The van der Waals surface area contributed by atoms with Gasteiger partial charge in [-0.05, 0) is 19.4 Å². The van der Waals surface area contributed by atoms with Crippen molar-refractivity contribution in [1.29, 1.82) is 0 Å². The fraction of sp³-hybridized carbons (Fsp3) is 0.643. The van der Waals surface area contributed by atoms with E-state index in [4.69, 9.17) is 16.7 Å². The molecular weight excluding hydrogens is 322 g/mol. The number of carbonyl (C=O) groups is 2. The first kappa shape index (κ1) is 17.6. The summed E-state index contributed by atoms with van der Waals surface area (Å²) in [7, 11) is 0. The monoisotopic (exact) mass is 343 g/mol. The molecule has 9 heteroatoms. The third-order valence-electron chi connectivity index (χ3n) is 3.96. The first-order chi connectivity index (χ1) is 11.0. The largest absolute Gasteiger partial charge is 0.465 e. The smallest absolute Gasteiger partial charge is 0.407 e. The lowest BCUT2D eigenvalue weighted by Gasteiger charge is -2.37. The van der Waals surface area contributed by atoms with Crippen molar-refractivity contribution in [1.82, 2.24) is 25.5 Å². The van der Waals surface area contributed by atoms with Crippen LogP contribution in [0.4, 0.5) is 4.79 Å². The van der Waals surface area contributed by atoms with Gasteiger partial charge in [0.25, 0.3) is 5.91 Å². The highest BCUT2D eigenvalue weighted by Gasteiger charge is 2.32. The van der Waals surface area contributed by atoms with Crippen LogP contribution in [0.3, 0.4) is 0 Å². The molecule has 23 heavy (non-hydrogen) atoms. The molecule has 128 valence electrons. The van der Waals surface area contributed by atoms with E-state index in [9.17, 15) is 9.59 Å². The van der Waals surface area contributed by atoms with Crippen LogP contribution >= 0.6 is 11.6 Å². The van der Waals surface area contributed by atoms with Gasteiger partial charge in [0.15, 0.2) is 11.0 Å². The van der Waals surface area contributed by atoms with Crippen molar-refractivity contribution in [3.05, 3.63) is 16.7 Å². The quantitative estimate of drug-likeness (QED) is 0.639. The van der Waals surface area contributed by atoms with Gasteiger partial charge in [0.1, 0.15) is 0 Å². The van der Waals surface area contributed by atoms with E-state index in [1.807, 2.05) is 13.8 Å². The predicted octanol–water partition coefficient (Wildman–Crippen LogP) is 1.09. The number of halogens is 1. The van der Waals surface area contributed by atoms with Crippen LogP contribution in [0.25, 0.3) is 0 Å². The minimum atomic E-state index is -0.942. The number of aromatic amines is 1. The summed E-state index contributed by atoms with van der Waals surface area (Å²) in [4.78, 5) is 31.8. The van der Waals surface area contributed by atoms with Crippen molar-refractivity contribution in [2.75, 3.05) is 19.6 Å². The van der Waals surface area contributed by atoms with Crippen LogP contribution in [0, 0.1) is 0 Å². The Kier molecular flexibility index (Phi) is 5.84. The van der Waals surface area contributed by atoms with Gasteiger partial charge in [0.2, 0.25) is 0 Å². The van der Waals surface area contributed by atoms with Gasteiger partial charge in [-0.3, -0.25) is 4.79 Å². The number of nitrogens with one attached hydrogen (secondary N) is 3. The van der Waals surface area contributed by atoms with Crippen molar-refractivity contribution in [3.8, 4) is 0 Å². The van der Waals surface area contributed by atoms with E-state index in [0.29, 0.717) is 37.6 Å². The number of likely N-dealkylation sites (N-methyl/N-ethyl adjacent to an activating group) is 1. The molecule has 1 aromatic rings. The van der Waals surface area contributed by atoms with Crippen LogP contribution in [-0.2, 0) is 6.42 Å². The molecule has 2 rings (SSSR count). The maximum absolute atomic E-state index is 12.3. The second-order valence-corrected chi connectivity index (χ2v) is 5.83. The molecule has 1 aliphatic heterocycles. The molecule has 2 amide bonds. The minimum absolute atomic E-state index is 0.134. The van der Waals surface area contributed by atoms with Gasteiger partial charge in [0.05, 0.1) is 5.69 Å². The lowest BCUT2D eigenvalue weighted by Crippen LogP contribution is -2.60. The Morgan fingerprint density at radius 2 is 2.17 bits per heavy atom. The highest BCUT2D eigenvalue weighted by atomic mass is 35.5. The van der Waals surface area contributed by atoms with Gasteiger partial charge in [-0.15, -0.1) is 0 Å². The number of amides is 2. The number of H-pyrrole nitrogens is 1. The van der Waals surface area contributed by atoms with Crippen LogP contribution in [0.2, 0.25) is 5.15 Å². The molecule has 2 heterocycles. The molecule has 0 saturated carbocycles. The van der Waals surface area contributed by atoms with E-state index < -0.39 is 6.09 Å². The fourth-order valence-electron chi connectivity index (χ4n) is 2.73. The Bertz CT molecular complexity index is 577. The summed E-state index contributed by atoms with van der Waals surface area (Å²) < 4.78 is 0. The average Bonchev–Trinajstić information content (AvgIpc) is 2.90. The summed E-state index contributed by atoms with van der Waals surface area (Å²) in [5, 5.41) is 15.6. The number of hydrogen-bond donors (Lipinski definition) is 4. The summed E-state index contributed by atoms with van der Waals surface area (Å²) in [5.74, 6) is -0.147. The fourth-order valence-corrected chi connectivity index (χ4v) is 3.00. The summed E-state index contributed by atoms with van der Waals surface area (Å²) >= 11 is 5.96. The van der Waals surface area contributed by atoms with Crippen molar-refractivity contribution >= 4 is 23.6 Å². The molecule has 0 radical (unpaired) electrons. The van der Waals surface area contributed by atoms with Crippen molar-refractivity contribution in [2.45, 2.75) is 38.8 Å². The molecule has 1 fully saturated rings.